The van der Waals surface area contributed by atoms with Crippen LogP contribution in [0.25, 0.3) is 10.9 Å². The van der Waals surface area contributed by atoms with Gasteiger partial charge in [-0.25, -0.2) is 0 Å². The zero-order valence-corrected chi connectivity index (χ0v) is 18.3. The van der Waals surface area contributed by atoms with Crippen LogP contribution in [0.5, 0.6) is 0 Å². The van der Waals surface area contributed by atoms with Crippen molar-refractivity contribution < 1.29 is 0 Å². The lowest BCUT2D eigenvalue weighted by atomic mass is 10.2. The SMILES string of the molecule is CCc1nncn1CCNC(=NC)NCCCn1ccc2ccccc21.I. The van der Waals surface area contributed by atoms with Gasteiger partial charge < -0.3 is 19.8 Å². The number of nitrogens with one attached hydrogen (secondary N) is 2. The first-order chi connectivity index (χ1) is 12.8. The van der Waals surface area contributed by atoms with Gasteiger partial charge in [0.25, 0.3) is 0 Å². The van der Waals surface area contributed by atoms with Gasteiger partial charge in [0.1, 0.15) is 12.2 Å². The van der Waals surface area contributed by atoms with Crippen LogP contribution in [0.2, 0.25) is 0 Å². The average molecular weight is 481 g/mol. The third-order valence-corrected chi connectivity index (χ3v) is 4.43. The summed E-state index contributed by atoms with van der Waals surface area (Å²) >= 11 is 0. The Labute approximate surface area is 177 Å². The standard InChI is InChI=1S/C19H27N7.HI/c1-3-18-24-23-15-26(18)14-11-22-19(20-2)21-10-6-12-25-13-9-16-7-4-5-8-17(16)25;/h4-5,7-9,13,15H,3,6,10-12,14H2,1-2H3,(H2,20,21,22);1H. The fourth-order valence-electron chi connectivity index (χ4n) is 3.05. The van der Waals surface area contributed by atoms with Crippen molar-refractivity contribution in [3.63, 3.8) is 0 Å². The molecule has 0 saturated heterocycles. The van der Waals surface area contributed by atoms with Crippen molar-refractivity contribution in [3.8, 4) is 0 Å². The minimum Gasteiger partial charge on any atom is -0.356 e. The summed E-state index contributed by atoms with van der Waals surface area (Å²) in [6.07, 6.45) is 5.85. The second-order valence-electron chi connectivity index (χ2n) is 6.14. The van der Waals surface area contributed by atoms with Gasteiger partial charge in [-0.3, -0.25) is 4.99 Å². The van der Waals surface area contributed by atoms with Crippen LogP contribution in [-0.4, -0.2) is 45.4 Å². The number of hydrogen-bond acceptors (Lipinski definition) is 3. The van der Waals surface area contributed by atoms with E-state index in [-0.39, 0.29) is 24.0 Å². The molecule has 7 nitrogen and oxygen atoms in total. The Balaban J connectivity index is 0.00000261. The molecule has 0 radical (unpaired) electrons. The molecule has 0 fully saturated rings. The number of aromatic nitrogens is 4. The zero-order valence-electron chi connectivity index (χ0n) is 15.9. The molecule has 146 valence electrons. The molecule has 2 aromatic heterocycles. The van der Waals surface area contributed by atoms with E-state index in [1.807, 2.05) is 0 Å². The van der Waals surface area contributed by atoms with Gasteiger partial charge in [0, 0.05) is 51.4 Å². The third-order valence-electron chi connectivity index (χ3n) is 4.43. The smallest absolute Gasteiger partial charge is 0.191 e. The van der Waals surface area contributed by atoms with Gasteiger partial charge in [0.2, 0.25) is 0 Å². The first kappa shape index (κ1) is 21.2. The number of aliphatic imine (C=N–C) groups is 1. The molecule has 0 saturated carbocycles. The Kier molecular flexibility index (Phi) is 8.56. The van der Waals surface area contributed by atoms with Gasteiger partial charge >= 0.3 is 0 Å². The highest BCUT2D eigenvalue weighted by Crippen LogP contribution is 2.15. The first-order valence-electron chi connectivity index (χ1n) is 9.17. The molecule has 0 spiro atoms. The summed E-state index contributed by atoms with van der Waals surface area (Å²) in [6.45, 7) is 5.55. The van der Waals surface area contributed by atoms with Crippen LogP contribution >= 0.6 is 24.0 Å². The molecule has 0 unspecified atom stereocenters. The Hall–Kier alpha value is -2.10. The molecule has 1 aromatic carbocycles. The first-order valence-corrected chi connectivity index (χ1v) is 9.17. The Morgan fingerprint density at radius 2 is 1.89 bits per heavy atom. The lowest BCUT2D eigenvalue weighted by Gasteiger charge is -2.13. The lowest BCUT2D eigenvalue weighted by Crippen LogP contribution is -2.39. The molecular weight excluding hydrogens is 453 g/mol. The number of guanidine groups is 1. The summed E-state index contributed by atoms with van der Waals surface area (Å²) in [5.41, 5.74) is 1.29. The maximum absolute atomic E-state index is 4.28. The van der Waals surface area contributed by atoms with Crippen molar-refractivity contribution in [1.29, 1.82) is 0 Å². The number of fused-ring (bicyclic) bond motifs is 1. The van der Waals surface area contributed by atoms with Gasteiger partial charge in [-0.1, -0.05) is 25.1 Å². The Morgan fingerprint density at radius 1 is 1.07 bits per heavy atom. The molecule has 0 aliphatic heterocycles. The molecule has 8 heteroatoms. The van der Waals surface area contributed by atoms with E-state index in [9.17, 15) is 0 Å². The minimum atomic E-state index is 0. The summed E-state index contributed by atoms with van der Waals surface area (Å²) in [7, 11) is 1.80. The summed E-state index contributed by atoms with van der Waals surface area (Å²) in [5.74, 6) is 1.84. The van der Waals surface area contributed by atoms with Crippen molar-refractivity contribution >= 4 is 40.8 Å². The topological polar surface area (TPSA) is 72.1 Å². The summed E-state index contributed by atoms with van der Waals surface area (Å²) in [5, 5.41) is 16.1. The highest BCUT2D eigenvalue weighted by atomic mass is 127. The van der Waals surface area contributed by atoms with Crippen LogP contribution in [0.3, 0.4) is 0 Å². The van der Waals surface area contributed by atoms with Crippen LogP contribution in [0.1, 0.15) is 19.2 Å². The van der Waals surface area contributed by atoms with Gasteiger partial charge in [-0.2, -0.15) is 0 Å². The molecule has 3 rings (SSSR count). The van der Waals surface area contributed by atoms with E-state index >= 15 is 0 Å². The molecule has 0 bridgehead atoms. The van der Waals surface area contributed by atoms with Crippen molar-refractivity contribution in [2.45, 2.75) is 32.9 Å². The molecule has 27 heavy (non-hydrogen) atoms. The van der Waals surface area contributed by atoms with E-state index in [0.717, 1.165) is 50.8 Å². The number of rotatable bonds is 8. The quantitative estimate of drug-likeness (QED) is 0.225. The highest BCUT2D eigenvalue weighted by molar-refractivity contribution is 14.0. The van der Waals surface area contributed by atoms with Crippen LogP contribution in [0.4, 0.5) is 0 Å². The zero-order chi connectivity index (χ0) is 18.2. The summed E-state index contributed by atoms with van der Waals surface area (Å²) < 4.78 is 4.36. The molecular formula is C19H28IN7. The fourth-order valence-corrected chi connectivity index (χ4v) is 3.05. The maximum atomic E-state index is 4.28. The largest absolute Gasteiger partial charge is 0.356 e. The van der Waals surface area contributed by atoms with Gasteiger partial charge in [-0.15, -0.1) is 34.2 Å². The summed E-state index contributed by atoms with van der Waals surface area (Å²) in [6, 6.07) is 10.6. The molecule has 3 aromatic rings. The second-order valence-corrected chi connectivity index (χ2v) is 6.14. The number of benzene rings is 1. The van der Waals surface area contributed by atoms with E-state index in [4.69, 9.17) is 0 Å². The maximum Gasteiger partial charge on any atom is 0.191 e. The molecule has 2 N–H and O–H groups in total. The predicted octanol–water partition coefficient (Wildman–Crippen LogP) is 2.67. The van der Waals surface area contributed by atoms with Gasteiger partial charge in [0.05, 0.1) is 0 Å². The van der Waals surface area contributed by atoms with E-state index in [2.05, 4.69) is 78.4 Å². The van der Waals surface area contributed by atoms with Crippen molar-refractivity contribution in [2.75, 3.05) is 20.1 Å². The van der Waals surface area contributed by atoms with E-state index in [1.165, 1.54) is 10.9 Å². The molecule has 0 aliphatic rings. The van der Waals surface area contributed by atoms with Crippen molar-refractivity contribution in [3.05, 3.63) is 48.7 Å². The van der Waals surface area contributed by atoms with Crippen LogP contribution in [-0.2, 0) is 19.5 Å². The molecule has 0 atom stereocenters. The normalized spacial score (nSPS) is 11.4. The number of aryl methyl sites for hydroxylation is 2. The van der Waals surface area contributed by atoms with E-state index in [1.54, 1.807) is 13.4 Å². The van der Waals surface area contributed by atoms with Crippen molar-refractivity contribution in [1.82, 2.24) is 30.0 Å². The molecule has 2 heterocycles. The number of nitrogens with zero attached hydrogens (tertiary/aromatic N) is 5. The predicted molar refractivity (Wildman–Crippen MR) is 121 cm³/mol. The lowest BCUT2D eigenvalue weighted by molar-refractivity contribution is 0.618. The number of hydrogen-bond donors (Lipinski definition) is 2. The minimum absolute atomic E-state index is 0. The second kappa shape index (κ2) is 10.9. The van der Waals surface area contributed by atoms with E-state index in [0.29, 0.717) is 0 Å². The average Bonchev–Trinajstić information content (AvgIpc) is 3.30. The van der Waals surface area contributed by atoms with Gasteiger partial charge in [-0.05, 0) is 23.9 Å². The highest BCUT2D eigenvalue weighted by Gasteiger charge is 2.03. The fraction of sp³-hybridized carbons (Fsp3) is 0.421. The number of para-hydroxylation sites is 1. The monoisotopic (exact) mass is 481 g/mol. The van der Waals surface area contributed by atoms with Gasteiger partial charge in [0.15, 0.2) is 5.96 Å². The van der Waals surface area contributed by atoms with Crippen molar-refractivity contribution in [2.24, 2.45) is 4.99 Å². The molecule has 0 amide bonds. The van der Waals surface area contributed by atoms with Crippen LogP contribution in [0.15, 0.2) is 47.8 Å². The van der Waals surface area contributed by atoms with E-state index < -0.39 is 0 Å². The molecule has 0 aliphatic carbocycles. The third kappa shape index (κ3) is 5.69. The Bertz CT molecular complexity index is 852. The summed E-state index contributed by atoms with van der Waals surface area (Å²) in [4.78, 5) is 4.28. The van der Waals surface area contributed by atoms with Crippen LogP contribution < -0.4 is 10.6 Å². The Morgan fingerprint density at radius 3 is 2.70 bits per heavy atom. The van der Waals surface area contributed by atoms with Crippen LogP contribution in [0, 0.1) is 0 Å². The number of halogens is 1.